The van der Waals surface area contributed by atoms with E-state index in [1.54, 1.807) is 29.2 Å². The molecular weight excluding hydrogens is 497 g/mol. The summed E-state index contributed by atoms with van der Waals surface area (Å²) < 4.78 is 47.0. The predicted molar refractivity (Wildman–Crippen MR) is 141 cm³/mol. The van der Waals surface area contributed by atoms with Crippen LogP contribution in [0.25, 0.3) is 0 Å². The highest BCUT2D eigenvalue weighted by Gasteiger charge is 2.28. The van der Waals surface area contributed by atoms with Crippen LogP contribution in [0.2, 0.25) is 0 Å². The summed E-state index contributed by atoms with van der Waals surface area (Å²) in [5, 5.41) is 2.67. The standard InChI is InChI=1S/C27H30FN3O5S/c1-4-30(5-2)27(33)24-9-7-8-10-25(24)29-26(32)19-31(21-13-11-20(28)12-14-21)37(34,35)23-17-15-22(16-18-23)36-6-3/h7-18H,4-6,19H2,1-3H3,(H,29,32). The molecule has 2 amide bonds. The van der Waals surface area contributed by atoms with Gasteiger partial charge in [-0.25, -0.2) is 12.8 Å². The average molecular weight is 528 g/mol. The van der Waals surface area contributed by atoms with Gasteiger partial charge in [0.2, 0.25) is 5.91 Å². The van der Waals surface area contributed by atoms with E-state index in [0.717, 1.165) is 16.4 Å². The minimum Gasteiger partial charge on any atom is -0.494 e. The van der Waals surface area contributed by atoms with Crippen molar-refractivity contribution in [3.63, 3.8) is 0 Å². The van der Waals surface area contributed by atoms with Gasteiger partial charge < -0.3 is 15.0 Å². The summed E-state index contributed by atoms with van der Waals surface area (Å²) in [5.41, 5.74) is 0.669. The third kappa shape index (κ3) is 6.65. The molecule has 0 aliphatic heterocycles. The zero-order chi connectivity index (χ0) is 27.0. The third-order valence-corrected chi connectivity index (χ3v) is 7.39. The van der Waals surface area contributed by atoms with Crippen molar-refractivity contribution < 1.29 is 27.1 Å². The molecule has 0 aliphatic carbocycles. The molecule has 0 aliphatic rings. The second kappa shape index (κ2) is 12.4. The van der Waals surface area contributed by atoms with E-state index in [4.69, 9.17) is 4.74 Å². The number of benzene rings is 3. The van der Waals surface area contributed by atoms with Crippen LogP contribution in [-0.2, 0) is 14.8 Å². The number of halogens is 1. The van der Waals surface area contributed by atoms with Gasteiger partial charge in [-0.2, -0.15) is 0 Å². The highest BCUT2D eigenvalue weighted by molar-refractivity contribution is 7.92. The number of para-hydroxylation sites is 1. The van der Waals surface area contributed by atoms with Gasteiger partial charge >= 0.3 is 0 Å². The Hall–Kier alpha value is -3.92. The molecular formula is C27H30FN3O5S. The summed E-state index contributed by atoms with van der Waals surface area (Å²) in [6.07, 6.45) is 0. The van der Waals surface area contributed by atoms with E-state index < -0.39 is 28.3 Å². The monoisotopic (exact) mass is 527 g/mol. The molecule has 0 aromatic heterocycles. The fourth-order valence-corrected chi connectivity index (χ4v) is 5.13. The Kier molecular flexibility index (Phi) is 9.24. The molecule has 0 fully saturated rings. The number of rotatable bonds is 11. The maximum Gasteiger partial charge on any atom is 0.264 e. The van der Waals surface area contributed by atoms with Gasteiger partial charge in [0.15, 0.2) is 0 Å². The lowest BCUT2D eigenvalue weighted by Crippen LogP contribution is -2.38. The fourth-order valence-electron chi connectivity index (χ4n) is 3.70. The van der Waals surface area contributed by atoms with Crippen molar-refractivity contribution in [2.24, 2.45) is 0 Å². The smallest absolute Gasteiger partial charge is 0.264 e. The molecule has 0 radical (unpaired) electrons. The molecule has 3 aromatic carbocycles. The Balaban J connectivity index is 1.93. The van der Waals surface area contributed by atoms with Crippen molar-refractivity contribution in [2.75, 3.05) is 35.9 Å². The van der Waals surface area contributed by atoms with Gasteiger partial charge in [-0.3, -0.25) is 13.9 Å². The second-order valence-corrected chi connectivity index (χ2v) is 9.83. The number of nitrogens with one attached hydrogen (secondary N) is 1. The van der Waals surface area contributed by atoms with Crippen molar-refractivity contribution in [2.45, 2.75) is 25.7 Å². The number of hydrogen-bond donors (Lipinski definition) is 1. The number of sulfonamides is 1. The van der Waals surface area contributed by atoms with Gasteiger partial charge in [-0.15, -0.1) is 0 Å². The van der Waals surface area contributed by atoms with E-state index >= 15 is 0 Å². The number of amides is 2. The van der Waals surface area contributed by atoms with Crippen molar-refractivity contribution >= 4 is 33.2 Å². The number of carbonyl (C=O) groups excluding carboxylic acids is 2. The van der Waals surface area contributed by atoms with E-state index in [1.807, 2.05) is 20.8 Å². The van der Waals surface area contributed by atoms with Gasteiger partial charge in [0.1, 0.15) is 18.1 Å². The Labute approximate surface area is 216 Å². The Morgan fingerprint density at radius 1 is 0.892 bits per heavy atom. The molecule has 0 atom stereocenters. The van der Waals surface area contributed by atoms with Crippen LogP contribution in [0.3, 0.4) is 0 Å². The van der Waals surface area contributed by atoms with Crippen LogP contribution in [0.5, 0.6) is 5.75 Å². The first-order valence-electron chi connectivity index (χ1n) is 11.9. The molecule has 3 aromatic rings. The Bertz CT molecular complexity index is 1320. The number of anilines is 2. The van der Waals surface area contributed by atoms with Gasteiger partial charge in [0, 0.05) is 13.1 Å². The van der Waals surface area contributed by atoms with Crippen molar-refractivity contribution in [1.82, 2.24) is 4.90 Å². The lowest BCUT2D eigenvalue weighted by molar-refractivity contribution is -0.114. The molecule has 0 unspecified atom stereocenters. The van der Waals surface area contributed by atoms with Crippen LogP contribution in [0.1, 0.15) is 31.1 Å². The maximum atomic E-state index is 13.6. The molecule has 1 N–H and O–H groups in total. The number of carbonyl (C=O) groups is 2. The minimum atomic E-state index is -4.21. The summed E-state index contributed by atoms with van der Waals surface area (Å²) >= 11 is 0. The van der Waals surface area contributed by atoms with Gasteiger partial charge in [-0.1, -0.05) is 12.1 Å². The van der Waals surface area contributed by atoms with E-state index in [1.165, 1.54) is 36.4 Å². The summed E-state index contributed by atoms with van der Waals surface area (Å²) in [6, 6.07) is 17.2. The molecule has 10 heteroatoms. The van der Waals surface area contributed by atoms with Crippen molar-refractivity contribution in [1.29, 1.82) is 0 Å². The Morgan fingerprint density at radius 3 is 2.11 bits per heavy atom. The van der Waals surface area contributed by atoms with Crippen LogP contribution in [0, 0.1) is 5.82 Å². The quantitative estimate of drug-likeness (QED) is 0.395. The molecule has 3 rings (SSSR count). The zero-order valence-corrected chi connectivity index (χ0v) is 21.8. The molecule has 0 heterocycles. The van der Waals surface area contributed by atoms with Gasteiger partial charge in [0.05, 0.1) is 28.4 Å². The fraction of sp³-hybridized carbons (Fsp3) is 0.259. The number of ether oxygens (including phenoxy) is 1. The highest BCUT2D eigenvalue weighted by atomic mass is 32.2. The summed E-state index contributed by atoms with van der Waals surface area (Å²) in [7, 11) is -4.21. The topological polar surface area (TPSA) is 96.0 Å². The largest absolute Gasteiger partial charge is 0.494 e. The maximum absolute atomic E-state index is 13.6. The molecule has 0 saturated carbocycles. The summed E-state index contributed by atoms with van der Waals surface area (Å²) in [5.74, 6) is -0.964. The number of nitrogens with zero attached hydrogens (tertiary/aromatic N) is 2. The SMILES string of the molecule is CCOc1ccc(S(=O)(=O)N(CC(=O)Nc2ccccc2C(=O)N(CC)CC)c2ccc(F)cc2)cc1. The highest BCUT2D eigenvalue weighted by Crippen LogP contribution is 2.26. The average Bonchev–Trinajstić information content (AvgIpc) is 2.89. The van der Waals surface area contributed by atoms with Crippen LogP contribution in [-0.4, -0.2) is 51.4 Å². The first-order chi connectivity index (χ1) is 17.7. The van der Waals surface area contributed by atoms with Crippen molar-refractivity contribution in [3.8, 4) is 5.75 Å². The van der Waals surface area contributed by atoms with Crippen LogP contribution < -0.4 is 14.4 Å². The van der Waals surface area contributed by atoms with Gasteiger partial charge in [0.25, 0.3) is 15.9 Å². The van der Waals surface area contributed by atoms with Gasteiger partial charge in [-0.05, 0) is 81.4 Å². The van der Waals surface area contributed by atoms with Crippen molar-refractivity contribution in [3.05, 3.63) is 84.2 Å². The van der Waals surface area contributed by atoms with Crippen LogP contribution in [0.15, 0.2) is 77.7 Å². The normalized spacial score (nSPS) is 11.0. The lowest BCUT2D eigenvalue weighted by Gasteiger charge is -2.25. The summed E-state index contributed by atoms with van der Waals surface area (Å²) in [4.78, 5) is 27.6. The van der Waals surface area contributed by atoms with Crippen LogP contribution in [0.4, 0.5) is 15.8 Å². The molecule has 196 valence electrons. The minimum absolute atomic E-state index is 0.0646. The second-order valence-electron chi connectivity index (χ2n) is 7.96. The molecule has 0 bridgehead atoms. The molecule has 37 heavy (non-hydrogen) atoms. The van der Waals surface area contributed by atoms with E-state index in [2.05, 4.69) is 5.32 Å². The lowest BCUT2D eigenvalue weighted by atomic mass is 10.1. The van der Waals surface area contributed by atoms with E-state index in [-0.39, 0.29) is 22.2 Å². The van der Waals surface area contributed by atoms with E-state index in [0.29, 0.717) is 31.0 Å². The van der Waals surface area contributed by atoms with E-state index in [9.17, 15) is 22.4 Å². The number of hydrogen-bond acceptors (Lipinski definition) is 5. The first-order valence-corrected chi connectivity index (χ1v) is 13.3. The zero-order valence-electron chi connectivity index (χ0n) is 21.0. The predicted octanol–water partition coefficient (Wildman–Crippen LogP) is 4.54. The summed E-state index contributed by atoms with van der Waals surface area (Å²) in [6.45, 7) is 6.34. The van der Waals surface area contributed by atoms with Crippen LogP contribution >= 0.6 is 0 Å². The third-order valence-electron chi connectivity index (χ3n) is 5.61. The first kappa shape index (κ1) is 27.7. The molecule has 0 saturated heterocycles. The molecule has 8 nitrogen and oxygen atoms in total. The molecule has 0 spiro atoms. The Morgan fingerprint density at radius 2 is 1.51 bits per heavy atom.